The Balaban J connectivity index is 2.39. The van der Waals surface area contributed by atoms with Gasteiger partial charge in [-0.15, -0.1) is 0 Å². The van der Waals surface area contributed by atoms with E-state index in [1.165, 1.54) is 38.5 Å². The summed E-state index contributed by atoms with van der Waals surface area (Å²) < 4.78 is 25.1. The number of carbonyl (C=O) groups excluding carboxylic acids is 1. The zero-order valence-electron chi connectivity index (χ0n) is 21.0. The molecule has 1 atom stereocenters. The molecule has 6 nitrogen and oxygen atoms in total. The molecule has 0 bridgehead atoms. The van der Waals surface area contributed by atoms with Crippen LogP contribution in [0.3, 0.4) is 0 Å². The minimum absolute atomic E-state index is 0.0812. The van der Waals surface area contributed by atoms with Gasteiger partial charge in [-0.1, -0.05) is 53.0 Å². The number of ether oxygens (including phenoxy) is 2. The normalized spacial score (nSPS) is 12.2. The van der Waals surface area contributed by atoms with Crippen LogP contribution in [0.2, 0.25) is 0 Å². The van der Waals surface area contributed by atoms with Crippen molar-refractivity contribution in [2.75, 3.05) is 19.5 Å². The molecule has 0 fully saturated rings. The second-order valence-electron chi connectivity index (χ2n) is 9.49. The standard InChI is InChI=1S/C27H36FNO5/c1-7-8-9-10-17(19-15-21(28)24(34-6)16-23(19)33-5)14-25(30)29-22-13-18(26(31)32)11-12-20(22)27(2,3)4/h11-13,15-17H,7-10,14H2,1-6H3,(H,29,30)(H,31,32). The van der Waals surface area contributed by atoms with Crippen LogP contribution in [0.15, 0.2) is 30.3 Å². The van der Waals surface area contributed by atoms with Crippen LogP contribution < -0.4 is 14.8 Å². The molecule has 0 aliphatic carbocycles. The van der Waals surface area contributed by atoms with E-state index < -0.39 is 11.8 Å². The minimum Gasteiger partial charge on any atom is -0.496 e. The summed E-state index contributed by atoms with van der Waals surface area (Å²) in [6.07, 6.45) is 3.68. The number of nitrogens with one attached hydrogen (secondary N) is 1. The molecule has 1 unspecified atom stereocenters. The van der Waals surface area contributed by atoms with E-state index in [1.807, 2.05) is 20.8 Å². The summed E-state index contributed by atoms with van der Waals surface area (Å²) in [6, 6.07) is 7.65. The summed E-state index contributed by atoms with van der Waals surface area (Å²) >= 11 is 0. The largest absolute Gasteiger partial charge is 0.496 e. The first kappa shape index (κ1) is 27.2. The third-order valence-electron chi connectivity index (χ3n) is 5.88. The highest BCUT2D eigenvalue weighted by atomic mass is 19.1. The number of carboxylic acids is 1. The highest BCUT2D eigenvalue weighted by molar-refractivity contribution is 5.95. The molecule has 0 saturated heterocycles. The van der Waals surface area contributed by atoms with Gasteiger partial charge >= 0.3 is 5.97 Å². The van der Waals surface area contributed by atoms with Crippen molar-refractivity contribution in [1.29, 1.82) is 0 Å². The van der Waals surface area contributed by atoms with E-state index in [-0.39, 0.29) is 35.0 Å². The molecule has 0 radical (unpaired) electrons. The van der Waals surface area contributed by atoms with Crippen LogP contribution >= 0.6 is 0 Å². The maximum atomic E-state index is 14.6. The Kier molecular flexibility index (Phi) is 9.47. The number of carbonyl (C=O) groups is 2. The zero-order chi connectivity index (χ0) is 25.5. The third-order valence-corrected chi connectivity index (χ3v) is 5.88. The number of hydrogen-bond acceptors (Lipinski definition) is 4. The fourth-order valence-electron chi connectivity index (χ4n) is 4.07. The summed E-state index contributed by atoms with van der Waals surface area (Å²) in [7, 11) is 2.90. The summed E-state index contributed by atoms with van der Waals surface area (Å²) in [5.74, 6) is -1.57. The van der Waals surface area contributed by atoms with Crippen LogP contribution in [0.25, 0.3) is 0 Å². The molecule has 2 N–H and O–H groups in total. The highest BCUT2D eigenvalue weighted by Crippen LogP contribution is 2.38. The number of halogens is 1. The van der Waals surface area contributed by atoms with E-state index in [0.29, 0.717) is 23.4 Å². The van der Waals surface area contributed by atoms with Crippen molar-refractivity contribution >= 4 is 17.6 Å². The number of benzene rings is 2. The molecule has 0 aromatic heterocycles. The van der Waals surface area contributed by atoms with Gasteiger partial charge in [-0.25, -0.2) is 9.18 Å². The maximum Gasteiger partial charge on any atom is 0.335 e. The van der Waals surface area contributed by atoms with Crippen molar-refractivity contribution in [3.8, 4) is 11.5 Å². The first-order valence-corrected chi connectivity index (χ1v) is 11.6. The van der Waals surface area contributed by atoms with E-state index in [2.05, 4.69) is 12.2 Å². The predicted octanol–water partition coefficient (Wildman–Crippen LogP) is 6.53. The third kappa shape index (κ3) is 6.95. The van der Waals surface area contributed by atoms with Gasteiger partial charge < -0.3 is 19.9 Å². The lowest BCUT2D eigenvalue weighted by Gasteiger charge is -2.25. The minimum atomic E-state index is -1.06. The maximum absolute atomic E-state index is 14.6. The van der Waals surface area contributed by atoms with Crippen LogP contribution in [0.4, 0.5) is 10.1 Å². The van der Waals surface area contributed by atoms with Crippen molar-refractivity contribution in [2.24, 2.45) is 0 Å². The number of anilines is 1. The molecule has 0 aliphatic heterocycles. The number of carboxylic acid groups (broad SMARTS) is 1. The van der Waals surface area contributed by atoms with Crippen molar-refractivity contribution in [3.05, 3.63) is 52.8 Å². The molecule has 34 heavy (non-hydrogen) atoms. The van der Waals surface area contributed by atoms with E-state index in [4.69, 9.17) is 9.47 Å². The predicted molar refractivity (Wildman–Crippen MR) is 132 cm³/mol. The van der Waals surface area contributed by atoms with Crippen molar-refractivity contribution in [2.45, 2.75) is 71.1 Å². The molecule has 2 aromatic carbocycles. The Morgan fingerprint density at radius 2 is 1.74 bits per heavy atom. The number of methoxy groups -OCH3 is 2. The second kappa shape index (κ2) is 11.9. The Hall–Kier alpha value is -3.09. The molecule has 0 spiro atoms. The Morgan fingerprint density at radius 1 is 1.06 bits per heavy atom. The van der Waals surface area contributed by atoms with Gasteiger partial charge in [0.15, 0.2) is 11.6 Å². The molecule has 186 valence electrons. The molecule has 2 aromatic rings. The van der Waals surface area contributed by atoms with E-state index in [9.17, 15) is 19.1 Å². The lowest BCUT2D eigenvalue weighted by atomic mass is 9.85. The van der Waals surface area contributed by atoms with E-state index in [0.717, 1.165) is 24.8 Å². The molecule has 1 amide bonds. The Bertz CT molecular complexity index is 1010. The van der Waals surface area contributed by atoms with Gasteiger partial charge in [0.25, 0.3) is 0 Å². The smallest absolute Gasteiger partial charge is 0.335 e. The van der Waals surface area contributed by atoms with Crippen molar-refractivity contribution < 1.29 is 28.6 Å². The molecule has 0 saturated carbocycles. The average Bonchev–Trinajstić information content (AvgIpc) is 2.77. The number of aromatic carboxylic acids is 1. The number of unbranched alkanes of at least 4 members (excludes halogenated alkanes) is 2. The zero-order valence-corrected chi connectivity index (χ0v) is 21.0. The fraction of sp³-hybridized carbons (Fsp3) is 0.481. The van der Waals surface area contributed by atoms with Crippen molar-refractivity contribution in [3.63, 3.8) is 0 Å². The molecular formula is C27H36FNO5. The van der Waals surface area contributed by atoms with Gasteiger partial charge in [0, 0.05) is 23.7 Å². The molecule has 7 heteroatoms. The quantitative estimate of drug-likeness (QED) is 0.362. The lowest BCUT2D eigenvalue weighted by Crippen LogP contribution is -2.21. The van der Waals surface area contributed by atoms with Gasteiger partial charge in [0.05, 0.1) is 19.8 Å². The number of amides is 1. The van der Waals surface area contributed by atoms with Gasteiger partial charge in [0.2, 0.25) is 5.91 Å². The molecule has 0 aliphatic rings. The van der Waals surface area contributed by atoms with Gasteiger partial charge in [-0.3, -0.25) is 4.79 Å². The first-order chi connectivity index (χ1) is 16.0. The lowest BCUT2D eigenvalue weighted by molar-refractivity contribution is -0.116. The molecule has 0 heterocycles. The Labute approximate surface area is 201 Å². The van der Waals surface area contributed by atoms with E-state index in [1.54, 1.807) is 6.07 Å². The second-order valence-corrected chi connectivity index (χ2v) is 9.49. The monoisotopic (exact) mass is 473 g/mol. The van der Waals surface area contributed by atoms with Crippen LogP contribution in [0.1, 0.15) is 87.2 Å². The van der Waals surface area contributed by atoms with Crippen molar-refractivity contribution in [1.82, 2.24) is 0 Å². The fourth-order valence-corrected chi connectivity index (χ4v) is 4.07. The number of rotatable bonds is 11. The van der Waals surface area contributed by atoms with Crippen LogP contribution in [-0.4, -0.2) is 31.2 Å². The first-order valence-electron chi connectivity index (χ1n) is 11.6. The SMILES string of the molecule is CCCCCC(CC(=O)Nc1cc(C(=O)O)ccc1C(C)(C)C)c1cc(F)c(OC)cc1OC. The molecular weight excluding hydrogens is 437 g/mol. The summed E-state index contributed by atoms with van der Waals surface area (Å²) in [4.78, 5) is 24.7. The van der Waals surface area contributed by atoms with Gasteiger partial charge in [0.1, 0.15) is 5.75 Å². The van der Waals surface area contributed by atoms with Gasteiger partial charge in [-0.2, -0.15) is 0 Å². The molecule has 2 rings (SSSR count). The van der Waals surface area contributed by atoms with Crippen LogP contribution in [0.5, 0.6) is 11.5 Å². The Morgan fingerprint density at radius 3 is 2.29 bits per heavy atom. The number of hydrogen-bond donors (Lipinski definition) is 2. The van der Waals surface area contributed by atoms with E-state index >= 15 is 0 Å². The topological polar surface area (TPSA) is 84.9 Å². The summed E-state index contributed by atoms with van der Waals surface area (Å²) in [5, 5.41) is 12.3. The van der Waals surface area contributed by atoms with Gasteiger partial charge in [-0.05, 0) is 41.5 Å². The summed E-state index contributed by atoms with van der Waals surface area (Å²) in [6.45, 7) is 8.09. The summed E-state index contributed by atoms with van der Waals surface area (Å²) in [5.41, 5.74) is 1.71. The highest BCUT2D eigenvalue weighted by Gasteiger charge is 2.25. The van der Waals surface area contributed by atoms with Crippen LogP contribution in [-0.2, 0) is 10.2 Å². The van der Waals surface area contributed by atoms with Crippen LogP contribution in [0, 0.1) is 5.82 Å². The average molecular weight is 474 g/mol.